The van der Waals surface area contributed by atoms with Crippen LogP contribution in [0.1, 0.15) is 110 Å². The van der Waals surface area contributed by atoms with Crippen LogP contribution in [0.4, 0.5) is 0 Å². The lowest BCUT2D eigenvalue weighted by molar-refractivity contribution is -0.188. The predicted molar refractivity (Wildman–Crippen MR) is 117 cm³/mol. The van der Waals surface area contributed by atoms with Gasteiger partial charge < -0.3 is 9.47 Å². The molecule has 1 saturated heterocycles. The van der Waals surface area contributed by atoms with E-state index in [1.807, 2.05) is 0 Å². The van der Waals surface area contributed by atoms with Crippen LogP contribution in [0, 0.1) is 0 Å². The number of halogens is 1. The fourth-order valence-electron chi connectivity index (χ4n) is 3.50. The summed E-state index contributed by atoms with van der Waals surface area (Å²) in [4.78, 5) is 0. The van der Waals surface area contributed by atoms with Crippen molar-refractivity contribution in [3.63, 3.8) is 0 Å². The van der Waals surface area contributed by atoms with Gasteiger partial charge in [-0.1, -0.05) is 86.4 Å². The lowest BCUT2D eigenvalue weighted by atomic mass is 10.1. The SMILES string of the molecule is CCCCCC[C@H](C/C=C\CCCCCCCCBr)OC1CCCCO1. The van der Waals surface area contributed by atoms with Crippen molar-refractivity contribution in [2.24, 2.45) is 0 Å². The molecule has 0 saturated carbocycles. The van der Waals surface area contributed by atoms with Gasteiger partial charge in [0.15, 0.2) is 6.29 Å². The molecular formula is C23H43BrO2. The molecule has 0 amide bonds. The zero-order valence-corrected chi connectivity index (χ0v) is 18.8. The minimum Gasteiger partial charge on any atom is -0.353 e. The van der Waals surface area contributed by atoms with Crippen molar-refractivity contribution in [2.75, 3.05) is 11.9 Å². The van der Waals surface area contributed by atoms with Crippen molar-refractivity contribution < 1.29 is 9.47 Å². The second-order valence-corrected chi connectivity index (χ2v) is 8.50. The Morgan fingerprint density at radius 1 is 0.962 bits per heavy atom. The topological polar surface area (TPSA) is 18.5 Å². The van der Waals surface area contributed by atoms with E-state index in [0.717, 1.165) is 24.8 Å². The highest BCUT2D eigenvalue weighted by Crippen LogP contribution is 2.20. The molecule has 0 aromatic heterocycles. The second-order valence-electron chi connectivity index (χ2n) is 7.71. The zero-order chi connectivity index (χ0) is 18.7. The normalized spacial score (nSPS) is 19.2. The van der Waals surface area contributed by atoms with Gasteiger partial charge in [-0.3, -0.25) is 0 Å². The van der Waals surface area contributed by atoms with E-state index in [9.17, 15) is 0 Å². The molecule has 2 nitrogen and oxygen atoms in total. The largest absolute Gasteiger partial charge is 0.353 e. The highest BCUT2D eigenvalue weighted by molar-refractivity contribution is 9.09. The van der Waals surface area contributed by atoms with Crippen molar-refractivity contribution in [1.29, 1.82) is 0 Å². The van der Waals surface area contributed by atoms with E-state index in [2.05, 4.69) is 35.0 Å². The van der Waals surface area contributed by atoms with Crippen LogP contribution in [0.3, 0.4) is 0 Å². The van der Waals surface area contributed by atoms with Crippen molar-refractivity contribution >= 4 is 15.9 Å². The molecule has 1 fully saturated rings. The number of alkyl halides is 1. The Kier molecular flexibility index (Phi) is 17.2. The summed E-state index contributed by atoms with van der Waals surface area (Å²) in [5, 5.41) is 1.16. The molecule has 1 rings (SSSR count). The summed E-state index contributed by atoms with van der Waals surface area (Å²) in [5.74, 6) is 0. The van der Waals surface area contributed by atoms with Gasteiger partial charge in [0.1, 0.15) is 0 Å². The van der Waals surface area contributed by atoms with Crippen LogP contribution in [0.25, 0.3) is 0 Å². The molecule has 0 bridgehead atoms. The van der Waals surface area contributed by atoms with E-state index >= 15 is 0 Å². The molecule has 2 atom stereocenters. The van der Waals surface area contributed by atoms with E-state index in [4.69, 9.17) is 9.47 Å². The van der Waals surface area contributed by atoms with E-state index < -0.39 is 0 Å². The molecular weight excluding hydrogens is 388 g/mol. The molecule has 0 aromatic carbocycles. The van der Waals surface area contributed by atoms with Gasteiger partial charge in [0.2, 0.25) is 0 Å². The first-order chi connectivity index (χ1) is 12.9. The minimum absolute atomic E-state index is 0.0489. The van der Waals surface area contributed by atoms with Gasteiger partial charge in [-0.2, -0.15) is 0 Å². The van der Waals surface area contributed by atoms with E-state index in [-0.39, 0.29) is 6.29 Å². The monoisotopic (exact) mass is 430 g/mol. The van der Waals surface area contributed by atoms with E-state index in [1.54, 1.807) is 0 Å². The van der Waals surface area contributed by atoms with Gasteiger partial charge in [-0.25, -0.2) is 0 Å². The van der Waals surface area contributed by atoms with Gasteiger partial charge in [0, 0.05) is 11.9 Å². The smallest absolute Gasteiger partial charge is 0.157 e. The second kappa shape index (κ2) is 18.5. The highest BCUT2D eigenvalue weighted by atomic mass is 79.9. The molecule has 0 radical (unpaired) electrons. The summed E-state index contributed by atoms with van der Waals surface area (Å²) in [6.45, 7) is 3.15. The Morgan fingerprint density at radius 2 is 1.73 bits per heavy atom. The zero-order valence-electron chi connectivity index (χ0n) is 17.2. The lowest BCUT2D eigenvalue weighted by Crippen LogP contribution is -2.27. The van der Waals surface area contributed by atoms with Crippen LogP contribution in [0.2, 0.25) is 0 Å². The maximum Gasteiger partial charge on any atom is 0.157 e. The van der Waals surface area contributed by atoms with Gasteiger partial charge in [-0.05, 0) is 51.4 Å². The van der Waals surface area contributed by atoms with Crippen LogP contribution in [0.5, 0.6) is 0 Å². The third kappa shape index (κ3) is 14.2. The molecule has 0 spiro atoms. The Balaban J connectivity index is 2.14. The van der Waals surface area contributed by atoms with Crippen molar-refractivity contribution in [3.05, 3.63) is 12.2 Å². The van der Waals surface area contributed by atoms with Crippen LogP contribution in [-0.2, 0) is 9.47 Å². The summed E-state index contributed by atoms with van der Waals surface area (Å²) in [6.07, 6.45) is 25.6. The molecule has 154 valence electrons. The minimum atomic E-state index is 0.0489. The standard InChI is InChI=1S/C23H43BrO2/c1-2-3-4-12-17-22(26-23-19-14-16-21-25-23)18-13-10-8-6-5-7-9-11-15-20-24/h10,13,22-23H,2-9,11-12,14-21H2,1H3/b13-10-/t22-,23?/m1/s1. The fraction of sp³-hybridized carbons (Fsp3) is 0.913. The predicted octanol–water partition coefficient (Wildman–Crippen LogP) is 7.94. The fourth-order valence-corrected chi connectivity index (χ4v) is 3.90. The number of rotatable bonds is 17. The Hall–Kier alpha value is 0.140. The number of ether oxygens (including phenoxy) is 2. The molecule has 0 aliphatic carbocycles. The Morgan fingerprint density at radius 3 is 2.46 bits per heavy atom. The van der Waals surface area contributed by atoms with Gasteiger partial charge in [0.05, 0.1) is 6.10 Å². The summed E-state index contributed by atoms with van der Waals surface area (Å²) < 4.78 is 12.1. The van der Waals surface area contributed by atoms with Crippen molar-refractivity contribution in [2.45, 2.75) is 122 Å². The maximum atomic E-state index is 6.28. The van der Waals surface area contributed by atoms with Crippen LogP contribution in [-0.4, -0.2) is 24.3 Å². The van der Waals surface area contributed by atoms with Crippen molar-refractivity contribution in [3.8, 4) is 0 Å². The van der Waals surface area contributed by atoms with Gasteiger partial charge in [0.25, 0.3) is 0 Å². The first-order valence-electron chi connectivity index (χ1n) is 11.3. The maximum absolute atomic E-state index is 6.28. The summed E-state index contributed by atoms with van der Waals surface area (Å²) in [6, 6.07) is 0. The van der Waals surface area contributed by atoms with Crippen LogP contribution < -0.4 is 0 Å². The Labute approximate surface area is 171 Å². The van der Waals surface area contributed by atoms with E-state index in [0.29, 0.717) is 6.10 Å². The summed E-state index contributed by atoms with van der Waals surface area (Å²) in [7, 11) is 0. The summed E-state index contributed by atoms with van der Waals surface area (Å²) in [5.41, 5.74) is 0. The van der Waals surface area contributed by atoms with Crippen LogP contribution in [0.15, 0.2) is 12.2 Å². The molecule has 0 aromatic rings. The molecule has 1 unspecified atom stereocenters. The molecule has 26 heavy (non-hydrogen) atoms. The highest BCUT2D eigenvalue weighted by Gasteiger charge is 2.18. The van der Waals surface area contributed by atoms with Crippen LogP contribution >= 0.6 is 15.9 Å². The molecule has 1 heterocycles. The number of unbranched alkanes of at least 4 members (excludes halogenated alkanes) is 9. The number of allylic oxidation sites excluding steroid dienone is 1. The lowest BCUT2D eigenvalue weighted by Gasteiger charge is -2.27. The van der Waals surface area contributed by atoms with Gasteiger partial charge >= 0.3 is 0 Å². The third-order valence-electron chi connectivity index (χ3n) is 5.18. The Bertz CT molecular complexity index is 313. The first kappa shape index (κ1) is 24.2. The summed E-state index contributed by atoms with van der Waals surface area (Å²) >= 11 is 3.50. The first-order valence-corrected chi connectivity index (χ1v) is 12.5. The molecule has 0 N–H and O–H groups in total. The third-order valence-corrected chi connectivity index (χ3v) is 5.74. The quantitative estimate of drug-likeness (QED) is 0.132. The number of hydrogen-bond acceptors (Lipinski definition) is 2. The number of hydrogen-bond donors (Lipinski definition) is 0. The molecule has 3 heteroatoms. The molecule has 1 aliphatic heterocycles. The van der Waals surface area contributed by atoms with E-state index in [1.165, 1.54) is 89.9 Å². The average Bonchev–Trinajstić information content (AvgIpc) is 2.67. The molecule has 1 aliphatic rings. The average molecular weight is 431 g/mol. The van der Waals surface area contributed by atoms with Gasteiger partial charge in [-0.15, -0.1) is 0 Å². The van der Waals surface area contributed by atoms with Crippen molar-refractivity contribution in [1.82, 2.24) is 0 Å².